The summed E-state index contributed by atoms with van der Waals surface area (Å²) in [7, 11) is 1.56. The zero-order valence-corrected chi connectivity index (χ0v) is 18.9. The minimum Gasteiger partial charge on any atom is -0.497 e. The number of fused-ring (bicyclic) bond motifs is 1. The molecule has 3 aromatic heterocycles. The number of alkyl halides is 3. The van der Waals surface area contributed by atoms with Gasteiger partial charge in [0.2, 0.25) is 5.89 Å². The van der Waals surface area contributed by atoms with E-state index < -0.39 is 12.0 Å². The Morgan fingerprint density at radius 1 is 1.21 bits per heavy atom. The zero-order chi connectivity index (χ0) is 23.9. The highest BCUT2D eigenvalue weighted by molar-refractivity contribution is 6.33. The van der Waals surface area contributed by atoms with E-state index in [4.69, 9.17) is 20.9 Å². The van der Waals surface area contributed by atoms with Crippen molar-refractivity contribution in [1.82, 2.24) is 24.7 Å². The first kappa shape index (κ1) is 22.8. The van der Waals surface area contributed by atoms with Gasteiger partial charge in [-0.1, -0.05) is 16.8 Å². The molecule has 1 aromatic carbocycles. The fourth-order valence-corrected chi connectivity index (χ4v) is 3.77. The van der Waals surface area contributed by atoms with Crippen LogP contribution in [0.4, 0.5) is 19.0 Å². The number of aromatic nitrogens is 5. The van der Waals surface area contributed by atoms with Crippen LogP contribution >= 0.6 is 11.6 Å². The molecular formula is C21H20ClF3N6O2. The van der Waals surface area contributed by atoms with Gasteiger partial charge in [-0.3, -0.25) is 0 Å². The van der Waals surface area contributed by atoms with Crippen molar-refractivity contribution < 1.29 is 22.4 Å². The summed E-state index contributed by atoms with van der Waals surface area (Å²) in [6.07, 6.45) is -4.57. The topological polar surface area (TPSA) is 90.4 Å². The van der Waals surface area contributed by atoms with E-state index in [1.807, 2.05) is 19.9 Å². The zero-order valence-electron chi connectivity index (χ0n) is 18.2. The van der Waals surface area contributed by atoms with Crippen molar-refractivity contribution in [3.8, 4) is 16.9 Å². The molecule has 0 aliphatic carbocycles. The maximum atomic E-state index is 12.7. The molecule has 0 fully saturated rings. The molecule has 1 N–H and O–H groups in total. The largest absolute Gasteiger partial charge is 0.497 e. The average Bonchev–Trinajstić information content (AvgIpc) is 3.32. The Hall–Kier alpha value is -3.34. The Balaban J connectivity index is 1.67. The fourth-order valence-electron chi connectivity index (χ4n) is 3.51. The minimum absolute atomic E-state index is 0.0867. The van der Waals surface area contributed by atoms with Crippen molar-refractivity contribution in [2.75, 3.05) is 12.4 Å². The van der Waals surface area contributed by atoms with Gasteiger partial charge >= 0.3 is 6.18 Å². The number of aryl methyl sites for hydroxylation is 2. The van der Waals surface area contributed by atoms with Gasteiger partial charge in [0.1, 0.15) is 11.6 Å². The van der Waals surface area contributed by atoms with E-state index in [9.17, 15) is 13.2 Å². The number of rotatable bonds is 6. The third kappa shape index (κ3) is 4.58. The standard InChI is InChI=1S/C21H20ClF3N6O2/c1-10-7-16(26-11(2)8-17-28-20(30-33-17)21(23,24)25)31-19(27-10)18(12(3)29-31)14-6-5-13(32-4)9-15(14)22/h5-7,9,11,26H,8H2,1-4H3/t11-/m0/s1. The fraction of sp³-hybridized carbons (Fsp3) is 0.333. The predicted molar refractivity (Wildman–Crippen MR) is 116 cm³/mol. The van der Waals surface area contributed by atoms with Crippen LogP contribution in [0.5, 0.6) is 5.75 Å². The quantitative estimate of drug-likeness (QED) is 0.409. The maximum absolute atomic E-state index is 12.7. The molecule has 0 bridgehead atoms. The van der Waals surface area contributed by atoms with Gasteiger partial charge in [-0.2, -0.15) is 27.8 Å². The second kappa shape index (κ2) is 8.54. The summed E-state index contributed by atoms with van der Waals surface area (Å²) < 4.78 is 49.8. The second-order valence-corrected chi connectivity index (χ2v) is 7.99. The Labute approximate surface area is 191 Å². The molecule has 0 radical (unpaired) electrons. The van der Waals surface area contributed by atoms with E-state index in [2.05, 4.69) is 25.5 Å². The third-order valence-corrected chi connectivity index (χ3v) is 5.25. The first-order valence-electron chi connectivity index (χ1n) is 9.94. The highest BCUT2D eigenvalue weighted by Gasteiger charge is 2.37. The third-order valence-electron chi connectivity index (χ3n) is 4.93. The van der Waals surface area contributed by atoms with Crippen LogP contribution < -0.4 is 10.1 Å². The van der Waals surface area contributed by atoms with Crippen molar-refractivity contribution in [3.63, 3.8) is 0 Å². The van der Waals surface area contributed by atoms with Gasteiger partial charge in [0, 0.05) is 29.8 Å². The van der Waals surface area contributed by atoms with Crippen molar-refractivity contribution >= 4 is 23.1 Å². The van der Waals surface area contributed by atoms with Gasteiger partial charge in [0.25, 0.3) is 5.82 Å². The van der Waals surface area contributed by atoms with Gasteiger partial charge in [-0.05, 0) is 39.0 Å². The molecule has 0 saturated carbocycles. The smallest absolute Gasteiger partial charge is 0.455 e. The average molecular weight is 481 g/mol. The summed E-state index contributed by atoms with van der Waals surface area (Å²) in [4.78, 5) is 8.07. The highest BCUT2D eigenvalue weighted by Crippen LogP contribution is 2.36. The Morgan fingerprint density at radius 2 is 1.97 bits per heavy atom. The van der Waals surface area contributed by atoms with E-state index in [-0.39, 0.29) is 18.4 Å². The van der Waals surface area contributed by atoms with Crippen molar-refractivity contribution in [3.05, 3.63) is 52.4 Å². The maximum Gasteiger partial charge on any atom is 0.455 e. The van der Waals surface area contributed by atoms with Gasteiger partial charge < -0.3 is 14.6 Å². The molecule has 0 unspecified atom stereocenters. The summed E-state index contributed by atoms with van der Waals surface area (Å²) in [6, 6.07) is 6.83. The van der Waals surface area contributed by atoms with Crippen LogP contribution in [0.2, 0.25) is 5.02 Å². The van der Waals surface area contributed by atoms with Gasteiger partial charge in [-0.15, -0.1) is 0 Å². The Morgan fingerprint density at radius 3 is 2.61 bits per heavy atom. The molecular weight excluding hydrogens is 461 g/mol. The monoisotopic (exact) mass is 480 g/mol. The summed E-state index contributed by atoms with van der Waals surface area (Å²) in [5.74, 6) is -0.172. The lowest BCUT2D eigenvalue weighted by atomic mass is 10.1. The lowest BCUT2D eigenvalue weighted by Crippen LogP contribution is -2.21. The van der Waals surface area contributed by atoms with Crippen LogP contribution in [0, 0.1) is 13.8 Å². The minimum atomic E-state index is -4.65. The summed E-state index contributed by atoms with van der Waals surface area (Å²) in [5.41, 5.74) is 3.55. The van der Waals surface area contributed by atoms with Crippen LogP contribution in [0.15, 0.2) is 28.8 Å². The molecule has 0 amide bonds. The van der Waals surface area contributed by atoms with E-state index in [0.717, 1.165) is 16.8 Å². The van der Waals surface area contributed by atoms with Crippen LogP contribution in [0.3, 0.4) is 0 Å². The number of ether oxygens (including phenoxy) is 1. The first-order valence-corrected chi connectivity index (χ1v) is 10.3. The number of benzene rings is 1. The van der Waals surface area contributed by atoms with E-state index in [1.165, 1.54) is 0 Å². The molecule has 0 saturated heterocycles. The highest BCUT2D eigenvalue weighted by atomic mass is 35.5. The lowest BCUT2D eigenvalue weighted by Gasteiger charge is -2.15. The van der Waals surface area contributed by atoms with Crippen LogP contribution in [-0.4, -0.2) is 37.9 Å². The van der Waals surface area contributed by atoms with Crippen molar-refractivity contribution in [2.24, 2.45) is 0 Å². The molecule has 4 rings (SSSR count). The Kier molecular flexibility index (Phi) is 5.91. The molecule has 8 nitrogen and oxygen atoms in total. The number of anilines is 1. The van der Waals surface area contributed by atoms with Gasteiger partial charge in [0.05, 0.1) is 23.4 Å². The number of nitrogens with one attached hydrogen (secondary N) is 1. The Bertz CT molecular complexity index is 1320. The molecule has 1 atom stereocenters. The SMILES string of the molecule is COc1ccc(-c2c(C)nn3c(N[C@@H](C)Cc4nc(C(F)(F)F)no4)cc(C)nc23)c(Cl)c1. The first-order chi connectivity index (χ1) is 15.6. The van der Waals surface area contributed by atoms with Gasteiger partial charge in [-0.25, -0.2) is 4.98 Å². The van der Waals surface area contributed by atoms with Crippen molar-refractivity contribution in [1.29, 1.82) is 0 Å². The second-order valence-electron chi connectivity index (χ2n) is 7.58. The number of hydrogen-bond donors (Lipinski definition) is 1. The van der Waals surface area contributed by atoms with E-state index in [0.29, 0.717) is 27.9 Å². The molecule has 0 spiro atoms. The van der Waals surface area contributed by atoms with Crippen LogP contribution in [0.1, 0.15) is 30.0 Å². The lowest BCUT2D eigenvalue weighted by molar-refractivity contribution is -0.146. The number of hydrogen-bond acceptors (Lipinski definition) is 7. The summed E-state index contributed by atoms with van der Waals surface area (Å²) >= 11 is 6.50. The summed E-state index contributed by atoms with van der Waals surface area (Å²) in [5, 5.41) is 11.3. The van der Waals surface area contributed by atoms with Crippen LogP contribution in [0.25, 0.3) is 16.8 Å². The molecule has 0 aliphatic rings. The molecule has 0 aliphatic heterocycles. The van der Waals surface area contributed by atoms with Crippen molar-refractivity contribution in [2.45, 2.75) is 39.4 Å². The van der Waals surface area contributed by atoms with Gasteiger partial charge in [0.15, 0.2) is 5.65 Å². The molecule has 12 heteroatoms. The molecule has 174 valence electrons. The number of nitrogens with zero attached hydrogens (tertiary/aromatic N) is 5. The van der Waals surface area contributed by atoms with E-state index >= 15 is 0 Å². The normalized spacial score (nSPS) is 12.8. The van der Waals surface area contributed by atoms with E-state index in [1.54, 1.807) is 36.7 Å². The number of methoxy groups -OCH3 is 1. The molecule has 4 aromatic rings. The van der Waals surface area contributed by atoms with Crippen LogP contribution in [-0.2, 0) is 12.6 Å². The number of halogens is 4. The molecule has 3 heterocycles. The molecule has 33 heavy (non-hydrogen) atoms. The summed E-state index contributed by atoms with van der Waals surface area (Å²) in [6.45, 7) is 5.48. The predicted octanol–water partition coefficient (Wildman–Crippen LogP) is 5.12.